The van der Waals surface area contributed by atoms with Crippen LogP contribution in [0.2, 0.25) is 0 Å². The summed E-state index contributed by atoms with van der Waals surface area (Å²) in [6, 6.07) is 8.30. The van der Waals surface area contributed by atoms with Crippen molar-refractivity contribution in [1.82, 2.24) is 4.98 Å². The molecule has 1 saturated heterocycles. The summed E-state index contributed by atoms with van der Waals surface area (Å²) >= 11 is 0. The number of hydrogen-bond acceptors (Lipinski definition) is 3. The van der Waals surface area contributed by atoms with Crippen LogP contribution in [0.5, 0.6) is 5.88 Å². The first-order valence-electron chi connectivity index (χ1n) is 10.3. The smallest absolute Gasteiger partial charge is 0.418 e. The fourth-order valence-corrected chi connectivity index (χ4v) is 4.08. The number of alkyl halides is 3. The van der Waals surface area contributed by atoms with Gasteiger partial charge in [0.2, 0.25) is 0 Å². The Bertz CT molecular complexity index is 1100. The maximum atomic E-state index is 14.2. The number of nitrogens with zero attached hydrogens (tertiary/aromatic N) is 2. The molecule has 8 heteroatoms. The highest BCUT2D eigenvalue weighted by atomic mass is 19.4. The first kappa shape index (κ1) is 21.2. The monoisotopic (exact) mass is 433 g/mol. The van der Waals surface area contributed by atoms with Crippen LogP contribution >= 0.6 is 0 Å². The number of fused-ring (bicyclic) bond motifs is 1. The Kier molecular flexibility index (Phi) is 5.89. The number of nitrogens with one attached hydrogen (secondary N) is 1. The van der Waals surface area contributed by atoms with Crippen LogP contribution in [-0.2, 0) is 6.18 Å². The second-order valence-electron chi connectivity index (χ2n) is 7.76. The lowest BCUT2D eigenvalue weighted by molar-refractivity contribution is -0.137. The maximum absolute atomic E-state index is 14.2. The molecule has 164 valence electrons. The van der Waals surface area contributed by atoms with Gasteiger partial charge in [0.15, 0.2) is 5.88 Å². The van der Waals surface area contributed by atoms with E-state index in [4.69, 9.17) is 0 Å². The molecule has 1 aliphatic heterocycles. The SMILES string of the molecule is Oc1[nH]c2cccc(F)c2c1C=Nc1ccc(N2CCCCCCC2)c(C(F)(F)F)c1. The summed E-state index contributed by atoms with van der Waals surface area (Å²) < 4.78 is 55.7. The second-order valence-corrected chi connectivity index (χ2v) is 7.76. The molecule has 1 fully saturated rings. The number of H-pyrrole nitrogens is 1. The fourth-order valence-electron chi connectivity index (χ4n) is 4.08. The average molecular weight is 433 g/mol. The van der Waals surface area contributed by atoms with E-state index >= 15 is 0 Å². The van der Waals surface area contributed by atoms with Crippen molar-refractivity contribution < 1.29 is 22.7 Å². The van der Waals surface area contributed by atoms with E-state index in [9.17, 15) is 22.7 Å². The summed E-state index contributed by atoms with van der Waals surface area (Å²) in [5, 5.41) is 10.2. The molecule has 2 N–H and O–H groups in total. The minimum atomic E-state index is -4.53. The van der Waals surface area contributed by atoms with Gasteiger partial charge in [0.25, 0.3) is 0 Å². The van der Waals surface area contributed by atoms with Gasteiger partial charge in [0.05, 0.1) is 22.3 Å². The van der Waals surface area contributed by atoms with Gasteiger partial charge in [-0.3, -0.25) is 4.99 Å². The predicted octanol–water partition coefficient (Wildman–Crippen LogP) is 6.55. The van der Waals surface area contributed by atoms with E-state index in [0.29, 0.717) is 18.6 Å². The second kappa shape index (κ2) is 8.61. The van der Waals surface area contributed by atoms with Crippen molar-refractivity contribution in [2.24, 2.45) is 4.99 Å². The Morgan fingerprint density at radius 1 is 1.00 bits per heavy atom. The van der Waals surface area contributed by atoms with Gasteiger partial charge in [-0.2, -0.15) is 13.2 Å². The zero-order chi connectivity index (χ0) is 22.0. The third-order valence-corrected chi connectivity index (χ3v) is 5.62. The molecule has 0 atom stereocenters. The summed E-state index contributed by atoms with van der Waals surface area (Å²) in [4.78, 5) is 8.55. The zero-order valence-corrected chi connectivity index (χ0v) is 16.8. The Hall–Kier alpha value is -3.03. The molecule has 0 radical (unpaired) electrons. The van der Waals surface area contributed by atoms with Gasteiger partial charge in [-0.25, -0.2) is 4.39 Å². The molecule has 31 heavy (non-hydrogen) atoms. The molecule has 4 nitrogen and oxygen atoms in total. The van der Waals surface area contributed by atoms with Gasteiger partial charge in [0, 0.05) is 30.4 Å². The largest absolute Gasteiger partial charge is 0.494 e. The Labute approximate surface area is 177 Å². The number of hydrogen-bond donors (Lipinski definition) is 2. The number of halogens is 4. The first-order chi connectivity index (χ1) is 14.8. The van der Waals surface area contributed by atoms with Crippen LogP contribution in [-0.4, -0.2) is 29.4 Å². The number of aliphatic imine (C=N–C) groups is 1. The first-order valence-corrected chi connectivity index (χ1v) is 10.3. The third-order valence-electron chi connectivity index (χ3n) is 5.62. The molecule has 0 unspecified atom stereocenters. The van der Waals surface area contributed by atoms with Crippen LogP contribution in [0.3, 0.4) is 0 Å². The standard InChI is InChI=1S/C23H23F4N3O/c24-18-7-6-8-19-21(18)16(22(31)29-19)14-28-15-9-10-20(17(13-15)23(25,26)27)30-11-4-2-1-3-5-12-30/h6-10,13-14,29,31H,1-5,11-12H2. The van der Waals surface area contributed by atoms with Crippen molar-refractivity contribution >= 4 is 28.5 Å². The van der Waals surface area contributed by atoms with Gasteiger partial charge in [-0.1, -0.05) is 25.3 Å². The number of aromatic amines is 1. The van der Waals surface area contributed by atoms with E-state index in [1.807, 2.05) is 0 Å². The lowest BCUT2D eigenvalue weighted by Crippen LogP contribution is -2.29. The van der Waals surface area contributed by atoms with E-state index < -0.39 is 17.6 Å². The van der Waals surface area contributed by atoms with Crippen LogP contribution in [0, 0.1) is 5.82 Å². The van der Waals surface area contributed by atoms with Crippen molar-refractivity contribution in [3.05, 3.63) is 53.3 Å². The molecule has 0 saturated carbocycles. The lowest BCUT2D eigenvalue weighted by atomic mass is 10.1. The van der Waals surface area contributed by atoms with Crippen LogP contribution in [0.1, 0.15) is 43.2 Å². The maximum Gasteiger partial charge on any atom is 0.418 e. The predicted molar refractivity (Wildman–Crippen MR) is 114 cm³/mol. The molecule has 1 aromatic heterocycles. The van der Waals surface area contributed by atoms with Gasteiger partial charge in [0.1, 0.15) is 5.82 Å². The van der Waals surface area contributed by atoms with Crippen LogP contribution in [0.4, 0.5) is 28.9 Å². The van der Waals surface area contributed by atoms with Crippen molar-refractivity contribution in [3.8, 4) is 5.88 Å². The van der Waals surface area contributed by atoms with Gasteiger partial charge < -0.3 is 15.0 Å². The molecule has 2 aromatic carbocycles. The summed E-state index contributed by atoms with van der Waals surface area (Å²) in [5.74, 6) is -0.851. The highest BCUT2D eigenvalue weighted by molar-refractivity contribution is 6.02. The quantitative estimate of drug-likeness (QED) is 0.363. The van der Waals surface area contributed by atoms with Crippen molar-refractivity contribution in [2.75, 3.05) is 18.0 Å². The third kappa shape index (κ3) is 4.52. The average Bonchev–Trinajstić information content (AvgIpc) is 3.02. The summed E-state index contributed by atoms with van der Waals surface area (Å²) in [7, 11) is 0. The Morgan fingerprint density at radius 2 is 1.71 bits per heavy atom. The van der Waals surface area contributed by atoms with E-state index in [0.717, 1.165) is 38.2 Å². The number of benzene rings is 2. The van der Waals surface area contributed by atoms with Gasteiger partial charge in [-0.05, 0) is 43.2 Å². The number of aromatic hydroxyl groups is 1. The normalized spacial score (nSPS) is 16.1. The molecule has 0 spiro atoms. The molecule has 3 aromatic rings. The fraction of sp³-hybridized carbons (Fsp3) is 0.348. The van der Waals surface area contributed by atoms with E-state index in [2.05, 4.69) is 9.98 Å². The van der Waals surface area contributed by atoms with Crippen molar-refractivity contribution in [2.45, 2.75) is 38.3 Å². The van der Waals surface area contributed by atoms with Crippen LogP contribution in [0.15, 0.2) is 41.4 Å². The molecule has 0 bridgehead atoms. The highest BCUT2D eigenvalue weighted by Crippen LogP contribution is 2.39. The number of aromatic nitrogens is 1. The summed E-state index contributed by atoms with van der Waals surface area (Å²) in [6.45, 7) is 1.18. The number of anilines is 1. The van der Waals surface area contributed by atoms with Gasteiger partial charge >= 0.3 is 6.18 Å². The molecule has 0 aliphatic carbocycles. The molecule has 2 heterocycles. The Morgan fingerprint density at radius 3 is 2.42 bits per heavy atom. The Balaban J connectivity index is 1.69. The molecule has 0 amide bonds. The number of rotatable bonds is 3. The van der Waals surface area contributed by atoms with E-state index in [1.165, 1.54) is 30.5 Å². The van der Waals surface area contributed by atoms with Crippen molar-refractivity contribution in [1.29, 1.82) is 0 Å². The molecule has 4 rings (SSSR count). The van der Waals surface area contributed by atoms with Crippen LogP contribution < -0.4 is 4.90 Å². The minimum Gasteiger partial charge on any atom is -0.494 e. The molecule has 1 aliphatic rings. The highest BCUT2D eigenvalue weighted by Gasteiger charge is 2.35. The van der Waals surface area contributed by atoms with Crippen LogP contribution in [0.25, 0.3) is 10.9 Å². The summed E-state index contributed by atoms with van der Waals surface area (Å²) in [6.07, 6.45) is 1.54. The summed E-state index contributed by atoms with van der Waals surface area (Å²) in [5.41, 5.74) is -0.0311. The van der Waals surface area contributed by atoms with E-state index in [1.54, 1.807) is 11.0 Å². The van der Waals surface area contributed by atoms with Crippen molar-refractivity contribution in [3.63, 3.8) is 0 Å². The topological polar surface area (TPSA) is 51.6 Å². The van der Waals surface area contributed by atoms with E-state index in [-0.39, 0.29) is 28.2 Å². The zero-order valence-electron chi connectivity index (χ0n) is 16.8. The lowest BCUT2D eigenvalue weighted by Gasteiger charge is -2.29. The molecular formula is C23H23F4N3O. The molecular weight excluding hydrogens is 410 g/mol. The minimum absolute atomic E-state index is 0.0770. The van der Waals surface area contributed by atoms with Gasteiger partial charge in [-0.15, -0.1) is 0 Å².